The number of carbonyl (C=O) groups is 2. The van der Waals surface area contributed by atoms with E-state index in [-0.39, 0.29) is 40.6 Å². The zero-order valence-electron chi connectivity index (χ0n) is 23.6. The minimum absolute atomic E-state index is 0.00417. The minimum atomic E-state index is -3.08. The van der Waals surface area contributed by atoms with Crippen molar-refractivity contribution in [3.05, 3.63) is 64.8 Å². The Hall–Kier alpha value is -4.32. The van der Waals surface area contributed by atoms with Crippen molar-refractivity contribution in [3.8, 4) is 17.0 Å². The molecule has 2 amide bonds. The van der Waals surface area contributed by atoms with Gasteiger partial charge in [0.25, 0.3) is 11.8 Å². The summed E-state index contributed by atoms with van der Waals surface area (Å²) >= 11 is 6.67. The molecule has 2 atom stereocenters. The second-order valence-corrected chi connectivity index (χ2v) is 11.3. The largest absolute Gasteiger partial charge is 0.493 e. The first-order valence-electron chi connectivity index (χ1n) is 14.1. The highest BCUT2D eigenvalue weighted by molar-refractivity contribution is 6.30. The van der Waals surface area contributed by atoms with Crippen molar-refractivity contribution in [2.45, 2.75) is 57.4 Å². The van der Waals surface area contributed by atoms with Crippen LogP contribution in [0.1, 0.15) is 67.2 Å². The van der Waals surface area contributed by atoms with Gasteiger partial charge in [-0.1, -0.05) is 11.6 Å². The van der Waals surface area contributed by atoms with Crippen LogP contribution < -0.4 is 15.8 Å². The highest BCUT2D eigenvalue weighted by Crippen LogP contribution is 2.41. The molecule has 43 heavy (non-hydrogen) atoms. The highest BCUT2D eigenvalue weighted by atomic mass is 35.5. The van der Waals surface area contributed by atoms with Gasteiger partial charge in [0.1, 0.15) is 39.6 Å². The lowest BCUT2D eigenvalue weighted by atomic mass is 9.92. The van der Waals surface area contributed by atoms with E-state index in [1.807, 2.05) is 11.8 Å². The van der Waals surface area contributed by atoms with Gasteiger partial charge in [0, 0.05) is 54.7 Å². The molecule has 6 rings (SSSR count). The number of nitrogens with one attached hydrogen (secondary N) is 1. The second-order valence-electron chi connectivity index (χ2n) is 10.9. The van der Waals surface area contributed by atoms with Crippen LogP contribution in [-0.2, 0) is 10.7 Å². The maximum absolute atomic E-state index is 13.8. The Kier molecular flexibility index (Phi) is 7.41. The summed E-state index contributed by atoms with van der Waals surface area (Å²) in [4.78, 5) is 40.9. The smallest absolute Gasteiger partial charge is 0.270 e. The number of hydrogen-bond donors (Lipinski definition) is 2. The van der Waals surface area contributed by atoms with E-state index in [4.69, 9.17) is 27.1 Å². The summed E-state index contributed by atoms with van der Waals surface area (Å²) in [7, 11) is 0. The molecule has 2 fully saturated rings. The van der Waals surface area contributed by atoms with Crippen LogP contribution in [0.25, 0.3) is 16.8 Å². The number of imidazole rings is 1. The van der Waals surface area contributed by atoms with Crippen molar-refractivity contribution < 1.29 is 23.1 Å². The van der Waals surface area contributed by atoms with Crippen LogP contribution in [0, 0.1) is 0 Å². The van der Waals surface area contributed by atoms with Gasteiger partial charge in [-0.25, -0.2) is 23.7 Å². The Morgan fingerprint density at radius 3 is 2.79 bits per heavy atom. The molecule has 10 nitrogen and oxygen atoms in total. The third-order valence-electron chi connectivity index (χ3n) is 8.06. The van der Waals surface area contributed by atoms with E-state index in [0.717, 1.165) is 32.3 Å². The van der Waals surface area contributed by atoms with Crippen LogP contribution in [0.3, 0.4) is 0 Å². The molecule has 0 radical (unpaired) electrons. The third kappa shape index (κ3) is 5.35. The number of aromatic nitrogens is 4. The van der Waals surface area contributed by atoms with Crippen LogP contribution >= 0.6 is 11.6 Å². The van der Waals surface area contributed by atoms with E-state index in [2.05, 4.69) is 15.3 Å². The number of nitrogen functional groups attached to an aromatic ring is 1. The molecule has 5 heterocycles. The molecule has 4 aromatic rings. The molecule has 224 valence electrons. The standard InChI is InChI=1S/C30H30ClF2N7O3/c1-3-43-21-12-16(29(42)37-23-13-18(10-11-35-23)30(2,32)33)5-8-20(21)25-26-27(34)36-14-22(31)40(26)28(38-25)17-4-6-19-7-9-24(41)39(19)15-17/h5,8,10-14,17,19H,3-4,6-7,9,15H2,1-2H3,(H2,34,36)(H,35,37,42)/t17-,19+/m1/s1. The van der Waals surface area contributed by atoms with E-state index >= 15 is 0 Å². The van der Waals surface area contributed by atoms with Crippen molar-refractivity contribution in [1.82, 2.24) is 24.3 Å². The summed E-state index contributed by atoms with van der Waals surface area (Å²) < 4.78 is 35.3. The molecule has 0 saturated carbocycles. The molecule has 3 aromatic heterocycles. The fourth-order valence-corrected chi connectivity index (χ4v) is 6.19. The van der Waals surface area contributed by atoms with Crippen LogP contribution in [-0.4, -0.2) is 55.3 Å². The summed E-state index contributed by atoms with van der Waals surface area (Å²) in [6, 6.07) is 7.42. The predicted octanol–water partition coefficient (Wildman–Crippen LogP) is 5.66. The molecule has 3 N–H and O–H groups in total. The number of nitrogens with zero attached hydrogens (tertiary/aromatic N) is 5. The molecular formula is C30H30ClF2N7O3. The van der Waals surface area contributed by atoms with E-state index in [0.29, 0.717) is 53.1 Å². The number of hydrogen-bond acceptors (Lipinski definition) is 7. The molecule has 0 aliphatic carbocycles. The molecule has 2 aliphatic heterocycles. The minimum Gasteiger partial charge on any atom is -0.493 e. The first-order valence-corrected chi connectivity index (χ1v) is 14.5. The van der Waals surface area contributed by atoms with Gasteiger partial charge < -0.3 is 20.7 Å². The number of piperidine rings is 1. The number of amides is 2. The number of ether oxygens (including phenoxy) is 1. The van der Waals surface area contributed by atoms with Crippen molar-refractivity contribution >= 4 is 40.6 Å². The van der Waals surface area contributed by atoms with E-state index in [9.17, 15) is 18.4 Å². The van der Waals surface area contributed by atoms with Crippen molar-refractivity contribution in [1.29, 1.82) is 0 Å². The number of benzene rings is 1. The molecule has 13 heteroatoms. The summed E-state index contributed by atoms with van der Waals surface area (Å²) in [5, 5.41) is 2.90. The fourth-order valence-electron chi connectivity index (χ4n) is 5.97. The van der Waals surface area contributed by atoms with E-state index in [1.165, 1.54) is 18.5 Å². The van der Waals surface area contributed by atoms with Gasteiger partial charge >= 0.3 is 0 Å². The van der Waals surface area contributed by atoms with Crippen molar-refractivity contribution in [2.75, 3.05) is 24.2 Å². The lowest BCUT2D eigenvalue weighted by molar-refractivity contribution is -0.130. The average Bonchev–Trinajstić information content (AvgIpc) is 3.56. The molecule has 0 spiro atoms. The average molecular weight is 610 g/mol. The van der Waals surface area contributed by atoms with E-state index < -0.39 is 11.8 Å². The Morgan fingerprint density at radius 2 is 2.02 bits per heavy atom. The lowest BCUT2D eigenvalue weighted by Gasteiger charge is -2.34. The maximum atomic E-state index is 13.8. The molecular weight excluding hydrogens is 580 g/mol. The Balaban J connectivity index is 1.38. The lowest BCUT2D eigenvalue weighted by Crippen LogP contribution is -2.41. The Morgan fingerprint density at radius 1 is 1.21 bits per heavy atom. The summed E-state index contributed by atoms with van der Waals surface area (Å²) in [5.41, 5.74) is 7.88. The summed E-state index contributed by atoms with van der Waals surface area (Å²) in [6.45, 7) is 3.42. The monoisotopic (exact) mass is 609 g/mol. The van der Waals surface area contributed by atoms with Crippen LogP contribution in [0.4, 0.5) is 20.4 Å². The number of anilines is 2. The fraction of sp³-hybridized carbons (Fsp3) is 0.367. The number of carbonyl (C=O) groups excluding carboxylic acids is 2. The molecule has 2 saturated heterocycles. The zero-order valence-corrected chi connectivity index (χ0v) is 24.4. The van der Waals surface area contributed by atoms with Gasteiger partial charge in [0.15, 0.2) is 0 Å². The Bertz CT molecular complexity index is 1740. The number of nitrogens with two attached hydrogens (primary N) is 1. The summed E-state index contributed by atoms with van der Waals surface area (Å²) in [5.74, 6) is -2.31. The van der Waals surface area contributed by atoms with Gasteiger partial charge in [-0.3, -0.25) is 14.0 Å². The third-order valence-corrected chi connectivity index (χ3v) is 8.33. The quantitative estimate of drug-likeness (QED) is 0.277. The number of halogens is 3. The number of pyridine rings is 1. The predicted molar refractivity (Wildman–Crippen MR) is 157 cm³/mol. The first kappa shape index (κ1) is 28.8. The molecule has 2 aliphatic rings. The topological polar surface area (TPSA) is 128 Å². The van der Waals surface area contributed by atoms with E-state index in [1.54, 1.807) is 22.6 Å². The zero-order chi connectivity index (χ0) is 30.5. The van der Waals surface area contributed by atoms with Crippen LogP contribution in [0.15, 0.2) is 42.7 Å². The van der Waals surface area contributed by atoms with Crippen LogP contribution in [0.5, 0.6) is 5.75 Å². The Labute approximate surface area is 251 Å². The SMILES string of the molecule is CCOc1cc(C(=O)Nc2cc(C(C)(F)F)ccn2)ccc1-c1nc([C@@H]2CC[C@H]3CCC(=O)N3C2)n2c(Cl)cnc(N)c12. The van der Waals surface area contributed by atoms with Crippen molar-refractivity contribution in [3.63, 3.8) is 0 Å². The molecule has 0 bridgehead atoms. The second kappa shape index (κ2) is 11.1. The molecule has 0 unspecified atom stereocenters. The number of fused-ring (bicyclic) bond motifs is 2. The summed E-state index contributed by atoms with van der Waals surface area (Å²) in [6.07, 6.45) is 5.84. The van der Waals surface area contributed by atoms with Crippen LogP contribution in [0.2, 0.25) is 5.15 Å². The number of alkyl halides is 2. The number of rotatable bonds is 7. The van der Waals surface area contributed by atoms with Gasteiger partial charge in [-0.15, -0.1) is 0 Å². The van der Waals surface area contributed by atoms with Crippen molar-refractivity contribution in [2.24, 2.45) is 0 Å². The first-order chi connectivity index (χ1) is 20.5. The van der Waals surface area contributed by atoms with Gasteiger partial charge in [0.05, 0.1) is 12.8 Å². The molecule has 1 aromatic carbocycles. The normalized spacial score (nSPS) is 18.6. The maximum Gasteiger partial charge on any atom is 0.270 e. The van der Waals surface area contributed by atoms with Gasteiger partial charge in [-0.05, 0) is 56.5 Å². The highest BCUT2D eigenvalue weighted by Gasteiger charge is 2.39. The van der Waals surface area contributed by atoms with Gasteiger partial charge in [-0.2, -0.15) is 0 Å². The van der Waals surface area contributed by atoms with Gasteiger partial charge in [0.2, 0.25) is 5.91 Å².